The number of hydrogen-bond donors (Lipinski definition) is 2. The van der Waals surface area contributed by atoms with Crippen molar-refractivity contribution >= 4 is 17.6 Å². The number of nitrogens with zero attached hydrogens (tertiary/aromatic N) is 3. The van der Waals surface area contributed by atoms with E-state index in [1.54, 1.807) is 22.7 Å². The van der Waals surface area contributed by atoms with Gasteiger partial charge in [0.25, 0.3) is 0 Å². The summed E-state index contributed by atoms with van der Waals surface area (Å²) in [5.74, 6) is 0.430. The molecule has 2 amide bonds. The van der Waals surface area contributed by atoms with Crippen LogP contribution in [0.2, 0.25) is 0 Å². The van der Waals surface area contributed by atoms with Crippen LogP contribution < -0.4 is 10.6 Å². The molecule has 0 aliphatic rings. The van der Waals surface area contributed by atoms with Gasteiger partial charge in [0.2, 0.25) is 11.8 Å². The molecule has 1 rings (SSSR count). The summed E-state index contributed by atoms with van der Waals surface area (Å²) in [5.41, 5.74) is 0.845. The van der Waals surface area contributed by atoms with Gasteiger partial charge in [-0.05, 0) is 20.4 Å². The van der Waals surface area contributed by atoms with E-state index in [9.17, 15) is 9.59 Å². The van der Waals surface area contributed by atoms with E-state index >= 15 is 0 Å². The van der Waals surface area contributed by atoms with Crippen LogP contribution in [0.15, 0.2) is 6.07 Å². The van der Waals surface area contributed by atoms with Gasteiger partial charge in [-0.1, -0.05) is 6.92 Å². The Balaban J connectivity index is 2.51. The SMILES string of the molecule is CCNC(=O)CN(CC)CC(=O)Nc1cc(C)nn1C. The van der Waals surface area contributed by atoms with Crippen LogP contribution in [0.1, 0.15) is 19.5 Å². The van der Waals surface area contributed by atoms with E-state index in [0.717, 1.165) is 5.69 Å². The van der Waals surface area contributed by atoms with Gasteiger partial charge in [-0.3, -0.25) is 19.2 Å². The average Bonchev–Trinajstić information content (AvgIpc) is 2.67. The lowest BCUT2D eigenvalue weighted by Gasteiger charge is -2.19. The van der Waals surface area contributed by atoms with E-state index in [-0.39, 0.29) is 24.9 Å². The third-order valence-corrected chi connectivity index (χ3v) is 2.83. The van der Waals surface area contributed by atoms with Gasteiger partial charge in [0.05, 0.1) is 18.8 Å². The molecule has 0 saturated carbocycles. The minimum absolute atomic E-state index is 0.0708. The van der Waals surface area contributed by atoms with Gasteiger partial charge in [0.1, 0.15) is 5.82 Å². The van der Waals surface area contributed by atoms with Crippen molar-refractivity contribution in [2.45, 2.75) is 20.8 Å². The molecule has 0 fully saturated rings. The topological polar surface area (TPSA) is 79.3 Å². The van der Waals surface area contributed by atoms with Gasteiger partial charge < -0.3 is 10.6 Å². The predicted molar refractivity (Wildman–Crippen MR) is 77.4 cm³/mol. The Hall–Kier alpha value is -1.89. The van der Waals surface area contributed by atoms with Gasteiger partial charge in [-0.2, -0.15) is 5.10 Å². The summed E-state index contributed by atoms with van der Waals surface area (Å²) in [6.45, 7) is 7.28. The van der Waals surface area contributed by atoms with Crippen molar-refractivity contribution in [2.24, 2.45) is 7.05 Å². The second-order valence-corrected chi connectivity index (χ2v) is 4.60. The molecule has 0 unspecified atom stereocenters. The standard InChI is InChI=1S/C13H23N5O2/c1-5-14-12(19)8-18(6-2)9-13(20)15-11-7-10(3)16-17(11)4/h7H,5-6,8-9H2,1-4H3,(H,14,19)(H,15,20). The number of carbonyl (C=O) groups excluding carboxylic acids is 2. The fourth-order valence-corrected chi connectivity index (χ4v) is 1.85. The number of amides is 2. The molecule has 1 aromatic heterocycles. The predicted octanol–water partition coefficient (Wildman–Crippen LogP) is 0.125. The summed E-state index contributed by atoms with van der Waals surface area (Å²) in [4.78, 5) is 25.2. The molecule has 0 spiro atoms. The van der Waals surface area contributed by atoms with Crippen molar-refractivity contribution in [1.29, 1.82) is 0 Å². The van der Waals surface area contributed by atoms with E-state index < -0.39 is 0 Å². The first-order chi connectivity index (χ1) is 9.46. The molecular weight excluding hydrogens is 258 g/mol. The molecule has 0 saturated heterocycles. The highest BCUT2D eigenvalue weighted by molar-refractivity contribution is 5.91. The molecule has 0 atom stereocenters. The van der Waals surface area contributed by atoms with Gasteiger partial charge in [0.15, 0.2) is 0 Å². The Morgan fingerprint density at radius 2 is 1.95 bits per heavy atom. The van der Waals surface area contributed by atoms with Crippen molar-refractivity contribution in [3.63, 3.8) is 0 Å². The highest BCUT2D eigenvalue weighted by atomic mass is 16.2. The van der Waals surface area contributed by atoms with E-state index in [1.807, 2.05) is 20.8 Å². The zero-order valence-electron chi connectivity index (χ0n) is 12.6. The first kappa shape index (κ1) is 16.2. The van der Waals surface area contributed by atoms with Crippen LogP contribution in [0.3, 0.4) is 0 Å². The summed E-state index contributed by atoms with van der Waals surface area (Å²) < 4.78 is 1.62. The van der Waals surface area contributed by atoms with Gasteiger partial charge in [-0.15, -0.1) is 0 Å². The third-order valence-electron chi connectivity index (χ3n) is 2.83. The molecule has 7 heteroatoms. The quantitative estimate of drug-likeness (QED) is 0.744. The summed E-state index contributed by atoms with van der Waals surface area (Å²) in [6.07, 6.45) is 0. The number of rotatable bonds is 7. The zero-order chi connectivity index (χ0) is 15.1. The summed E-state index contributed by atoms with van der Waals surface area (Å²) in [5, 5.41) is 9.67. The van der Waals surface area contributed by atoms with Gasteiger partial charge in [-0.25, -0.2) is 0 Å². The second-order valence-electron chi connectivity index (χ2n) is 4.60. The smallest absolute Gasteiger partial charge is 0.239 e. The summed E-state index contributed by atoms with van der Waals surface area (Å²) in [6, 6.07) is 1.80. The Kier molecular flexibility index (Phi) is 6.17. The molecule has 0 aliphatic carbocycles. The number of nitrogens with one attached hydrogen (secondary N) is 2. The lowest BCUT2D eigenvalue weighted by Crippen LogP contribution is -2.41. The van der Waals surface area contributed by atoms with Crippen LogP contribution in [0.5, 0.6) is 0 Å². The van der Waals surface area contributed by atoms with Crippen molar-refractivity contribution in [1.82, 2.24) is 20.0 Å². The van der Waals surface area contributed by atoms with Gasteiger partial charge in [0, 0.05) is 19.7 Å². The number of hydrogen-bond acceptors (Lipinski definition) is 4. The fourth-order valence-electron chi connectivity index (χ4n) is 1.85. The van der Waals surface area contributed by atoms with Crippen molar-refractivity contribution < 1.29 is 9.59 Å². The summed E-state index contributed by atoms with van der Waals surface area (Å²) >= 11 is 0. The Morgan fingerprint density at radius 1 is 1.30 bits per heavy atom. The van der Waals surface area contributed by atoms with Crippen LogP contribution in [-0.2, 0) is 16.6 Å². The molecule has 0 aromatic carbocycles. The van der Waals surface area contributed by atoms with Crippen molar-refractivity contribution in [3.05, 3.63) is 11.8 Å². The number of aryl methyl sites for hydroxylation is 2. The molecule has 0 aliphatic heterocycles. The fraction of sp³-hybridized carbons (Fsp3) is 0.615. The molecule has 1 aromatic rings. The molecular formula is C13H23N5O2. The maximum Gasteiger partial charge on any atom is 0.239 e. The zero-order valence-corrected chi connectivity index (χ0v) is 12.6. The van der Waals surface area contributed by atoms with E-state index in [0.29, 0.717) is 18.9 Å². The van der Waals surface area contributed by atoms with E-state index in [4.69, 9.17) is 0 Å². The van der Waals surface area contributed by atoms with E-state index in [2.05, 4.69) is 15.7 Å². The van der Waals surface area contributed by atoms with Crippen molar-refractivity contribution in [3.8, 4) is 0 Å². The number of carbonyl (C=O) groups is 2. The number of aromatic nitrogens is 2. The van der Waals surface area contributed by atoms with Crippen LogP contribution in [-0.4, -0.2) is 52.7 Å². The van der Waals surface area contributed by atoms with Crippen LogP contribution in [0.4, 0.5) is 5.82 Å². The van der Waals surface area contributed by atoms with Crippen LogP contribution >= 0.6 is 0 Å². The Bertz CT molecular complexity index is 469. The average molecular weight is 281 g/mol. The Labute approximate surface area is 119 Å². The number of likely N-dealkylation sites (N-methyl/N-ethyl adjacent to an activating group) is 2. The third kappa shape index (κ3) is 5.00. The summed E-state index contributed by atoms with van der Waals surface area (Å²) in [7, 11) is 1.77. The first-order valence-corrected chi connectivity index (χ1v) is 6.75. The second kappa shape index (κ2) is 7.64. The highest BCUT2D eigenvalue weighted by Crippen LogP contribution is 2.07. The molecule has 112 valence electrons. The molecule has 20 heavy (non-hydrogen) atoms. The normalized spacial score (nSPS) is 10.7. The number of anilines is 1. The molecule has 0 bridgehead atoms. The van der Waals surface area contributed by atoms with E-state index in [1.165, 1.54) is 0 Å². The first-order valence-electron chi connectivity index (χ1n) is 6.75. The van der Waals surface area contributed by atoms with Crippen molar-refractivity contribution in [2.75, 3.05) is 31.5 Å². The monoisotopic (exact) mass is 281 g/mol. The maximum atomic E-state index is 12.0. The van der Waals surface area contributed by atoms with Crippen LogP contribution in [0, 0.1) is 6.92 Å². The molecule has 0 radical (unpaired) electrons. The Morgan fingerprint density at radius 3 is 2.45 bits per heavy atom. The molecule has 7 nitrogen and oxygen atoms in total. The lowest BCUT2D eigenvalue weighted by molar-refractivity contribution is -0.123. The minimum atomic E-state index is -0.154. The lowest BCUT2D eigenvalue weighted by atomic mass is 10.4. The molecule has 1 heterocycles. The largest absolute Gasteiger partial charge is 0.355 e. The highest BCUT2D eigenvalue weighted by Gasteiger charge is 2.14. The maximum absolute atomic E-state index is 12.0. The van der Waals surface area contributed by atoms with Crippen LogP contribution in [0.25, 0.3) is 0 Å². The molecule has 2 N–H and O–H groups in total. The minimum Gasteiger partial charge on any atom is -0.355 e. The van der Waals surface area contributed by atoms with Gasteiger partial charge >= 0.3 is 0 Å².